The Morgan fingerprint density at radius 2 is 1.58 bits per heavy atom. The molecule has 0 aliphatic heterocycles. The highest BCUT2D eigenvalue weighted by Gasteiger charge is 2.53. The number of hydrogen-bond donors (Lipinski definition) is 0. The number of rotatable bonds is 9. The van der Waals surface area contributed by atoms with Gasteiger partial charge in [0.25, 0.3) is 0 Å². The lowest BCUT2D eigenvalue weighted by molar-refractivity contribution is -0.183. The first-order valence-corrected chi connectivity index (χ1v) is 6.58. The molecule has 0 saturated heterocycles. The van der Waals surface area contributed by atoms with Crippen LogP contribution in [0.5, 0.6) is 0 Å². The van der Waals surface area contributed by atoms with E-state index < -0.39 is 23.5 Å². The molecule has 0 aromatic heterocycles. The van der Waals surface area contributed by atoms with Gasteiger partial charge in [-0.15, -0.1) is 6.58 Å². The van der Waals surface area contributed by atoms with E-state index in [1.54, 1.807) is 27.7 Å². The second-order valence-electron chi connectivity index (χ2n) is 4.00. The van der Waals surface area contributed by atoms with E-state index in [0.717, 1.165) is 0 Å². The smallest absolute Gasteiger partial charge is 0.326 e. The molecule has 19 heavy (non-hydrogen) atoms. The van der Waals surface area contributed by atoms with Gasteiger partial charge in [0.1, 0.15) is 0 Å². The van der Waals surface area contributed by atoms with Gasteiger partial charge in [-0.3, -0.25) is 9.59 Å². The maximum absolute atomic E-state index is 12.2. The van der Waals surface area contributed by atoms with Gasteiger partial charge in [0.15, 0.2) is 5.41 Å². The summed E-state index contributed by atoms with van der Waals surface area (Å²) in [5.74, 6) is -1.26. The van der Waals surface area contributed by atoms with Crippen molar-refractivity contribution in [1.82, 2.24) is 0 Å². The lowest BCUT2D eigenvalue weighted by atomic mass is 9.79. The molecule has 0 N–H and O–H groups in total. The fraction of sp³-hybridized carbons (Fsp3) is 0.714. The number of carbonyl (C=O) groups is 2. The Bertz CT molecular complexity index is 293. The number of ether oxygens (including phenoxy) is 3. The second kappa shape index (κ2) is 8.69. The summed E-state index contributed by atoms with van der Waals surface area (Å²) in [6.45, 7) is 11.2. The first kappa shape index (κ1) is 17.6. The van der Waals surface area contributed by atoms with Gasteiger partial charge >= 0.3 is 11.9 Å². The molecule has 1 atom stereocenters. The highest BCUT2D eigenvalue weighted by Crippen LogP contribution is 2.33. The third-order valence-corrected chi connectivity index (χ3v) is 2.86. The van der Waals surface area contributed by atoms with Crippen LogP contribution in [0.2, 0.25) is 0 Å². The van der Waals surface area contributed by atoms with Crippen LogP contribution in [0.4, 0.5) is 0 Å². The van der Waals surface area contributed by atoms with Crippen molar-refractivity contribution in [3.05, 3.63) is 12.7 Å². The molecule has 0 amide bonds. The first-order chi connectivity index (χ1) is 9.00. The van der Waals surface area contributed by atoms with E-state index in [9.17, 15) is 9.59 Å². The zero-order valence-corrected chi connectivity index (χ0v) is 12.2. The van der Waals surface area contributed by atoms with Crippen molar-refractivity contribution < 1.29 is 23.8 Å². The van der Waals surface area contributed by atoms with Crippen molar-refractivity contribution in [2.75, 3.05) is 19.8 Å². The summed E-state index contributed by atoms with van der Waals surface area (Å²) in [4.78, 5) is 24.5. The SMILES string of the molecule is C=CCC(C(=O)OCC)(C(=O)OCC)[C@@H](C)OCC. The van der Waals surface area contributed by atoms with Gasteiger partial charge in [-0.1, -0.05) is 6.08 Å². The predicted octanol–water partition coefficient (Wildman–Crippen LogP) is 2.10. The lowest BCUT2D eigenvalue weighted by Crippen LogP contribution is -2.50. The molecule has 0 aromatic rings. The van der Waals surface area contributed by atoms with Gasteiger partial charge in [0.05, 0.1) is 19.3 Å². The van der Waals surface area contributed by atoms with Crippen molar-refractivity contribution >= 4 is 11.9 Å². The molecule has 5 heteroatoms. The van der Waals surface area contributed by atoms with Crippen LogP contribution in [-0.2, 0) is 23.8 Å². The highest BCUT2D eigenvalue weighted by molar-refractivity contribution is 6.01. The van der Waals surface area contributed by atoms with Gasteiger partial charge in [0, 0.05) is 6.61 Å². The Labute approximate surface area is 114 Å². The summed E-state index contributed by atoms with van der Waals surface area (Å²) >= 11 is 0. The van der Waals surface area contributed by atoms with Crippen molar-refractivity contribution in [3.63, 3.8) is 0 Å². The zero-order chi connectivity index (χ0) is 14.9. The maximum atomic E-state index is 12.2. The molecule has 0 radical (unpaired) electrons. The van der Waals surface area contributed by atoms with Gasteiger partial charge in [0.2, 0.25) is 0 Å². The minimum atomic E-state index is -1.48. The Hall–Kier alpha value is -1.36. The Balaban J connectivity index is 5.50. The monoisotopic (exact) mass is 272 g/mol. The third kappa shape index (κ3) is 4.06. The third-order valence-electron chi connectivity index (χ3n) is 2.86. The predicted molar refractivity (Wildman–Crippen MR) is 71.6 cm³/mol. The minimum Gasteiger partial charge on any atom is -0.465 e. The topological polar surface area (TPSA) is 61.8 Å². The number of carbonyl (C=O) groups excluding carboxylic acids is 2. The van der Waals surface area contributed by atoms with Crippen molar-refractivity contribution in [3.8, 4) is 0 Å². The molecule has 0 heterocycles. The summed E-state index contributed by atoms with van der Waals surface area (Å²) in [6.07, 6.45) is 0.975. The van der Waals surface area contributed by atoms with Gasteiger partial charge in [-0.05, 0) is 34.1 Å². The molecule has 0 bridgehead atoms. The molecule has 0 fully saturated rings. The summed E-state index contributed by atoms with van der Waals surface area (Å²) < 4.78 is 15.5. The fourth-order valence-corrected chi connectivity index (χ4v) is 1.89. The molecule has 0 rings (SSSR count). The zero-order valence-electron chi connectivity index (χ0n) is 12.2. The number of allylic oxidation sites excluding steroid dienone is 1. The molecule has 0 spiro atoms. The van der Waals surface area contributed by atoms with Gasteiger partial charge in [-0.2, -0.15) is 0 Å². The average molecular weight is 272 g/mol. The van der Waals surface area contributed by atoms with Crippen LogP contribution < -0.4 is 0 Å². The average Bonchev–Trinajstić information content (AvgIpc) is 2.36. The Kier molecular flexibility index (Phi) is 8.07. The standard InChI is InChI=1S/C14H24O5/c1-6-10-14(11(5)17-7-2,12(15)18-8-3)13(16)19-9-4/h6,11H,1,7-10H2,2-5H3/t11-/m1/s1. The molecule has 0 aliphatic rings. The normalized spacial score (nSPS) is 12.6. The minimum absolute atomic E-state index is 0.117. The van der Waals surface area contributed by atoms with Crippen LogP contribution in [0.25, 0.3) is 0 Å². The molecular formula is C14H24O5. The Morgan fingerprint density at radius 3 is 1.89 bits per heavy atom. The Morgan fingerprint density at radius 1 is 1.11 bits per heavy atom. The first-order valence-electron chi connectivity index (χ1n) is 6.58. The van der Waals surface area contributed by atoms with Crippen molar-refractivity contribution in [2.24, 2.45) is 5.41 Å². The molecule has 110 valence electrons. The molecular weight excluding hydrogens is 248 g/mol. The van der Waals surface area contributed by atoms with Crippen LogP contribution in [0.1, 0.15) is 34.1 Å². The van der Waals surface area contributed by atoms with E-state index in [1.807, 2.05) is 0 Å². The fourth-order valence-electron chi connectivity index (χ4n) is 1.89. The van der Waals surface area contributed by atoms with E-state index in [4.69, 9.17) is 14.2 Å². The molecule has 5 nitrogen and oxygen atoms in total. The van der Waals surface area contributed by atoms with Crippen LogP contribution in [0, 0.1) is 5.41 Å². The van der Waals surface area contributed by atoms with Crippen molar-refractivity contribution in [1.29, 1.82) is 0 Å². The summed E-state index contributed by atoms with van der Waals surface area (Å²) in [5.41, 5.74) is -1.48. The molecule has 0 aromatic carbocycles. The summed E-state index contributed by atoms with van der Waals surface area (Å²) in [6, 6.07) is 0. The van der Waals surface area contributed by atoms with Crippen LogP contribution in [-0.4, -0.2) is 37.9 Å². The van der Waals surface area contributed by atoms with Gasteiger partial charge < -0.3 is 14.2 Å². The molecule has 0 aliphatic carbocycles. The number of hydrogen-bond acceptors (Lipinski definition) is 5. The van der Waals surface area contributed by atoms with E-state index in [-0.39, 0.29) is 19.6 Å². The van der Waals surface area contributed by atoms with E-state index in [1.165, 1.54) is 6.08 Å². The van der Waals surface area contributed by atoms with Gasteiger partial charge in [-0.25, -0.2) is 0 Å². The van der Waals surface area contributed by atoms with E-state index in [2.05, 4.69) is 6.58 Å². The summed E-state index contributed by atoms with van der Waals surface area (Å²) in [5, 5.41) is 0. The maximum Gasteiger partial charge on any atom is 0.326 e. The second-order valence-corrected chi connectivity index (χ2v) is 4.00. The van der Waals surface area contributed by atoms with E-state index in [0.29, 0.717) is 6.61 Å². The van der Waals surface area contributed by atoms with Crippen LogP contribution in [0.3, 0.4) is 0 Å². The molecule has 0 unspecified atom stereocenters. The number of esters is 2. The largest absolute Gasteiger partial charge is 0.465 e. The summed E-state index contributed by atoms with van der Waals surface area (Å²) in [7, 11) is 0. The van der Waals surface area contributed by atoms with E-state index >= 15 is 0 Å². The lowest BCUT2D eigenvalue weighted by Gasteiger charge is -2.33. The van der Waals surface area contributed by atoms with Crippen LogP contribution in [0.15, 0.2) is 12.7 Å². The molecule has 0 saturated carbocycles. The van der Waals surface area contributed by atoms with Crippen LogP contribution >= 0.6 is 0 Å². The highest BCUT2D eigenvalue weighted by atomic mass is 16.6. The van der Waals surface area contributed by atoms with Crippen molar-refractivity contribution in [2.45, 2.75) is 40.2 Å². The quantitative estimate of drug-likeness (QED) is 0.365.